The summed E-state index contributed by atoms with van der Waals surface area (Å²) < 4.78 is 15.1. The van der Waals surface area contributed by atoms with Gasteiger partial charge in [0, 0.05) is 24.4 Å². The summed E-state index contributed by atoms with van der Waals surface area (Å²) in [5.74, 6) is -0.341. The van der Waals surface area contributed by atoms with Crippen molar-refractivity contribution in [3.63, 3.8) is 0 Å². The highest BCUT2D eigenvalue weighted by atomic mass is 35.5. The number of nitrogens with one attached hydrogen (secondary N) is 2. The zero-order chi connectivity index (χ0) is 16.7. The SMILES string of the molecule is O=C(Nc1cnn2cccnc12)N[C@@H]1C[C@H]1c1ccc(Cl)c(F)c1. The molecule has 2 aromatic heterocycles. The van der Waals surface area contributed by atoms with Gasteiger partial charge >= 0.3 is 6.03 Å². The van der Waals surface area contributed by atoms with E-state index in [4.69, 9.17) is 11.6 Å². The van der Waals surface area contributed by atoms with E-state index in [0.717, 1.165) is 12.0 Å². The molecule has 1 fully saturated rings. The Balaban J connectivity index is 1.40. The number of nitrogens with zero attached hydrogens (tertiary/aromatic N) is 3. The maximum Gasteiger partial charge on any atom is 0.319 e. The standard InChI is InChI=1S/C16H13ClFN5O/c17-11-3-2-9(6-12(11)18)10-7-13(10)21-16(24)22-14-8-20-23-5-1-4-19-15(14)23/h1-6,8,10,13H,7H2,(H2,21,22,24)/t10-,13+/m0/s1. The van der Waals surface area contributed by atoms with Crippen molar-refractivity contribution < 1.29 is 9.18 Å². The molecule has 0 bridgehead atoms. The lowest BCUT2D eigenvalue weighted by Gasteiger charge is -2.06. The number of carbonyl (C=O) groups excluding carboxylic acids is 1. The van der Waals surface area contributed by atoms with E-state index < -0.39 is 5.82 Å². The molecule has 0 unspecified atom stereocenters. The van der Waals surface area contributed by atoms with Crippen LogP contribution in [0.25, 0.3) is 5.65 Å². The van der Waals surface area contributed by atoms with Crippen molar-refractivity contribution in [3.05, 3.63) is 59.3 Å². The van der Waals surface area contributed by atoms with Crippen molar-refractivity contribution in [2.75, 3.05) is 5.32 Å². The first-order valence-electron chi connectivity index (χ1n) is 7.42. The lowest BCUT2D eigenvalue weighted by Crippen LogP contribution is -2.31. The first-order chi connectivity index (χ1) is 11.6. The highest BCUT2D eigenvalue weighted by Crippen LogP contribution is 2.41. The van der Waals surface area contributed by atoms with Gasteiger partial charge in [0.05, 0.1) is 11.2 Å². The predicted octanol–water partition coefficient (Wildman–Crippen LogP) is 3.20. The van der Waals surface area contributed by atoms with Crippen LogP contribution >= 0.6 is 11.6 Å². The van der Waals surface area contributed by atoms with Gasteiger partial charge in [-0.3, -0.25) is 0 Å². The molecule has 0 spiro atoms. The Labute approximate surface area is 141 Å². The third-order valence-corrected chi connectivity index (χ3v) is 4.31. The van der Waals surface area contributed by atoms with Gasteiger partial charge in [-0.1, -0.05) is 17.7 Å². The Morgan fingerprint density at radius 1 is 1.42 bits per heavy atom. The third kappa shape index (κ3) is 2.78. The maximum absolute atomic E-state index is 13.5. The number of rotatable bonds is 3. The summed E-state index contributed by atoms with van der Waals surface area (Å²) in [4.78, 5) is 16.3. The van der Waals surface area contributed by atoms with E-state index in [1.165, 1.54) is 12.1 Å². The van der Waals surface area contributed by atoms with Crippen molar-refractivity contribution in [1.29, 1.82) is 0 Å². The van der Waals surface area contributed by atoms with Crippen LogP contribution in [0.3, 0.4) is 0 Å². The molecular weight excluding hydrogens is 333 g/mol. The predicted molar refractivity (Wildman–Crippen MR) is 87.7 cm³/mol. The summed E-state index contributed by atoms with van der Waals surface area (Å²) in [6, 6.07) is 6.13. The van der Waals surface area contributed by atoms with Crippen LogP contribution in [-0.2, 0) is 0 Å². The minimum Gasteiger partial charge on any atom is -0.334 e. The topological polar surface area (TPSA) is 71.3 Å². The van der Waals surface area contributed by atoms with Crippen molar-refractivity contribution in [1.82, 2.24) is 19.9 Å². The van der Waals surface area contributed by atoms with E-state index in [1.807, 2.05) is 0 Å². The number of benzene rings is 1. The fraction of sp³-hybridized carbons (Fsp3) is 0.188. The molecule has 2 atom stereocenters. The Kier molecular flexibility index (Phi) is 3.57. The van der Waals surface area contributed by atoms with Crippen LogP contribution in [0.2, 0.25) is 5.02 Å². The summed E-state index contributed by atoms with van der Waals surface area (Å²) in [5, 5.41) is 9.81. The Hall–Kier alpha value is -2.67. The normalized spacial score (nSPS) is 19.2. The number of carbonyl (C=O) groups is 1. The molecule has 0 saturated heterocycles. The quantitative estimate of drug-likeness (QED) is 0.765. The highest BCUT2D eigenvalue weighted by Gasteiger charge is 2.39. The number of aromatic nitrogens is 3. The summed E-state index contributed by atoms with van der Waals surface area (Å²) in [5.41, 5.74) is 1.93. The zero-order valence-corrected chi connectivity index (χ0v) is 13.2. The van der Waals surface area contributed by atoms with Crippen molar-refractivity contribution in [2.45, 2.75) is 18.4 Å². The summed E-state index contributed by atoms with van der Waals surface area (Å²) >= 11 is 5.69. The average Bonchev–Trinajstić information content (AvgIpc) is 3.22. The zero-order valence-electron chi connectivity index (χ0n) is 12.4. The average molecular weight is 346 g/mol. The second-order valence-electron chi connectivity index (χ2n) is 5.67. The third-order valence-electron chi connectivity index (χ3n) is 4.01. The van der Waals surface area contributed by atoms with E-state index in [0.29, 0.717) is 11.3 Å². The number of amides is 2. The van der Waals surface area contributed by atoms with E-state index in [-0.39, 0.29) is 23.0 Å². The largest absolute Gasteiger partial charge is 0.334 e. The molecule has 1 aliphatic rings. The molecule has 0 radical (unpaired) electrons. The molecule has 24 heavy (non-hydrogen) atoms. The summed E-state index contributed by atoms with van der Waals surface area (Å²) in [7, 11) is 0. The Morgan fingerprint density at radius 3 is 3.12 bits per heavy atom. The van der Waals surface area contributed by atoms with Gasteiger partial charge in [-0.25, -0.2) is 18.7 Å². The molecule has 1 aromatic carbocycles. The number of anilines is 1. The minimum absolute atomic E-state index is 0.0274. The molecule has 6 nitrogen and oxygen atoms in total. The van der Waals surface area contributed by atoms with E-state index in [1.54, 1.807) is 35.2 Å². The van der Waals surface area contributed by atoms with Crippen molar-refractivity contribution in [3.8, 4) is 0 Å². The Bertz CT molecular complexity index is 928. The van der Waals surface area contributed by atoms with Gasteiger partial charge in [-0.15, -0.1) is 0 Å². The molecule has 2 N–H and O–H groups in total. The molecule has 122 valence electrons. The van der Waals surface area contributed by atoms with Gasteiger partial charge in [0.25, 0.3) is 0 Å². The molecule has 3 aromatic rings. The van der Waals surface area contributed by atoms with Gasteiger partial charge < -0.3 is 10.6 Å². The second-order valence-corrected chi connectivity index (χ2v) is 6.07. The van der Waals surface area contributed by atoms with E-state index in [9.17, 15) is 9.18 Å². The van der Waals surface area contributed by atoms with Gasteiger partial charge in [-0.05, 0) is 30.2 Å². The van der Waals surface area contributed by atoms with Gasteiger partial charge in [0.1, 0.15) is 11.5 Å². The van der Waals surface area contributed by atoms with Gasteiger partial charge in [-0.2, -0.15) is 5.10 Å². The summed E-state index contributed by atoms with van der Waals surface area (Å²) in [6.07, 6.45) is 5.69. The molecule has 1 saturated carbocycles. The molecule has 1 aliphatic carbocycles. The van der Waals surface area contributed by atoms with Crippen LogP contribution in [0.15, 0.2) is 42.9 Å². The second kappa shape index (κ2) is 5.76. The number of fused-ring (bicyclic) bond motifs is 1. The Morgan fingerprint density at radius 2 is 2.29 bits per heavy atom. The lowest BCUT2D eigenvalue weighted by atomic mass is 10.1. The monoisotopic (exact) mass is 345 g/mol. The maximum atomic E-state index is 13.5. The lowest BCUT2D eigenvalue weighted by molar-refractivity contribution is 0.251. The fourth-order valence-electron chi connectivity index (χ4n) is 2.71. The van der Waals surface area contributed by atoms with E-state index >= 15 is 0 Å². The fourth-order valence-corrected chi connectivity index (χ4v) is 2.83. The van der Waals surface area contributed by atoms with Crippen LogP contribution in [0, 0.1) is 5.82 Å². The van der Waals surface area contributed by atoms with Crippen LogP contribution < -0.4 is 10.6 Å². The number of halogens is 2. The number of urea groups is 1. The molecule has 8 heteroatoms. The smallest absolute Gasteiger partial charge is 0.319 e. The van der Waals surface area contributed by atoms with Crippen LogP contribution in [-0.4, -0.2) is 26.7 Å². The highest BCUT2D eigenvalue weighted by molar-refractivity contribution is 6.30. The van der Waals surface area contributed by atoms with E-state index in [2.05, 4.69) is 20.7 Å². The first kappa shape index (κ1) is 14.9. The van der Waals surface area contributed by atoms with Crippen molar-refractivity contribution in [2.24, 2.45) is 0 Å². The molecular formula is C16H13ClFN5O. The van der Waals surface area contributed by atoms with Crippen LogP contribution in [0.5, 0.6) is 0 Å². The molecule has 2 amide bonds. The van der Waals surface area contributed by atoms with Gasteiger partial charge in [0.15, 0.2) is 5.65 Å². The van der Waals surface area contributed by atoms with Crippen molar-refractivity contribution >= 4 is 29.0 Å². The first-order valence-corrected chi connectivity index (χ1v) is 7.80. The number of hydrogen-bond donors (Lipinski definition) is 2. The van der Waals surface area contributed by atoms with Crippen LogP contribution in [0.1, 0.15) is 17.9 Å². The minimum atomic E-state index is -0.443. The number of hydrogen-bond acceptors (Lipinski definition) is 3. The molecule has 2 heterocycles. The molecule has 4 rings (SSSR count). The van der Waals surface area contributed by atoms with Gasteiger partial charge in [0.2, 0.25) is 0 Å². The van der Waals surface area contributed by atoms with Crippen LogP contribution in [0.4, 0.5) is 14.9 Å². The summed E-state index contributed by atoms with van der Waals surface area (Å²) in [6.45, 7) is 0. The molecule has 0 aliphatic heterocycles.